The van der Waals surface area contributed by atoms with Gasteiger partial charge in [0.2, 0.25) is 0 Å². The maximum absolute atomic E-state index is 14.0. The van der Waals surface area contributed by atoms with E-state index in [1.54, 1.807) is 18.2 Å². The van der Waals surface area contributed by atoms with Crippen molar-refractivity contribution in [1.82, 2.24) is 25.7 Å². The van der Waals surface area contributed by atoms with Crippen LogP contribution >= 0.6 is 0 Å². The van der Waals surface area contributed by atoms with E-state index >= 15 is 0 Å². The van der Waals surface area contributed by atoms with Crippen LogP contribution in [0.15, 0.2) is 30.5 Å². The molecule has 0 aliphatic rings. The van der Waals surface area contributed by atoms with E-state index in [0.29, 0.717) is 16.8 Å². The molecule has 3 N–H and O–H groups in total. The third-order valence-electron chi connectivity index (χ3n) is 3.99. The van der Waals surface area contributed by atoms with Crippen LogP contribution in [0.3, 0.4) is 0 Å². The Kier molecular flexibility index (Phi) is 4.16. The van der Waals surface area contributed by atoms with E-state index in [1.165, 1.54) is 12.3 Å². The molecular weight excluding hydrogens is 309 g/mol. The number of H-pyrrole nitrogens is 2. The molecule has 124 valence electrons. The molecule has 0 aliphatic carbocycles. The van der Waals surface area contributed by atoms with E-state index in [-0.39, 0.29) is 11.9 Å². The Morgan fingerprint density at radius 2 is 2.00 bits per heavy atom. The van der Waals surface area contributed by atoms with Gasteiger partial charge in [-0.3, -0.25) is 15.0 Å². The molecule has 6 nitrogen and oxygen atoms in total. The second-order valence-electron chi connectivity index (χ2n) is 5.68. The summed E-state index contributed by atoms with van der Waals surface area (Å²) in [5, 5.41) is 16.6. The number of rotatable bonds is 4. The van der Waals surface area contributed by atoms with Crippen molar-refractivity contribution in [2.45, 2.75) is 26.8 Å². The lowest BCUT2D eigenvalue weighted by atomic mass is 10.0. The summed E-state index contributed by atoms with van der Waals surface area (Å²) in [5.41, 5.74) is 3.65. The maximum atomic E-state index is 14.0. The quantitative estimate of drug-likeness (QED) is 0.688. The highest BCUT2D eigenvalue weighted by Crippen LogP contribution is 2.25. The number of hydrogen-bond acceptors (Lipinski definition) is 3. The summed E-state index contributed by atoms with van der Waals surface area (Å²) >= 11 is 0. The van der Waals surface area contributed by atoms with Crippen molar-refractivity contribution in [2.75, 3.05) is 0 Å². The Labute approximate surface area is 138 Å². The first-order chi connectivity index (χ1) is 11.5. The van der Waals surface area contributed by atoms with Gasteiger partial charge in [-0.15, -0.1) is 0 Å². The van der Waals surface area contributed by atoms with E-state index in [9.17, 15) is 9.18 Å². The van der Waals surface area contributed by atoms with Crippen LogP contribution < -0.4 is 5.32 Å². The lowest BCUT2D eigenvalue weighted by molar-refractivity contribution is 0.0940. The van der Waals surface area contributed by atoms with Crippen LogP contribution in [0, 0.1) is 19.7 Å². The molecule has 0 spiro atoms. The van der Waals surface area contributed by atoms with E-state index in [2.05, 4.69) is 25.7 Å². The van der Waals surface area contributed by atoms with Gasteiger partial charge >= 0.3 is 0 Å². The molecule has 3 rings (SSSR count). The fourth-order valence-electron chi connectivity index (χ4n) is 2.87. The van der Waals surface area contributed by atoms with Gasteiger partial charge in [-0.25, -0.2) is 4.39 Å². The molecule has 1 amide bonds. The monoisotopic (exact) mass is 327 g/mol. The number of carbonyl (C=O) groups excluding carboxylic acids is 1. The van der Waals surface area contributed by atoms with Crippen LogP contribution in [-0.2, 0) is 0 Å². The second-order valence-corrected chi connectivity index (χ2v) is 5.68. The van der Waals surface area contributed by atoms with Crippen LogP contribution in [0.2, 0.25) is 0 Å². The number of amides is 1. The minimum atomic E-state index is -0.412. The summed E-state index contributed by atoms with van der Waals surface area (Å²) in [5.74, 6) is -0.736. The van der Waals surface area contributed by atoms with Crippen LogP contribution in [0.1, 0.15) is 40.3 Å². The number of aryl methyl sites for hydroxylation is 2. The fraction of sp³-hybridized carbons (Fsp3) is 0.235. The maximum Gasteiger partial charge on any atom is 0.255 e. The van der Waals surface area contributed by atoms with Crippen molar-refractivity contribution in [3.63, 3.8) is 0 Å². The van der Waals surface area contributed by atoms with E-state index in [4.69, 9.17) is 0 Å². The summed E-state index contributed by atoms with van der Waals surface area (Å²) in [6, 6.07) is 6.02. The highest BCUT2D eigenvalue weighted by atomic mass is 19.1. The number of nitrogens with zero attached hydrogens (tertiary/aromatic N) is 2. The zero-order chi connectivity index (χ0) is 17.3. The molecule has 24 heavy (non-hydrogen) atoms. The molecule has 1 atom stereocenters. The Morgan fingerprint density at radius 3 is 2.67 bits per heavy atom. The van der Waals surface area contributed by atoms with Gasteiger partial charge in [0, 0.05) is 16.8 Å². The normalized spacial score (nSPS) is 12.2. The zero-order valence-corrected chi connectivity index (χ0v) is 13.6. The third-order valence-corrected chi connectivity index (χ3v) is 3.99. The van der Waals surface area contributed by atoms with Gasteiger partial charge in [-0.2, -0.15) is 10.2 Å². The summed E-state index contributed by atoms with van der Waals surface area (Å²) in [6.45, 7) is 5.66. The van der Waals surface area contributed by atoms with E-state index < -0.39 is 5.82 Å². The average Bonchev–Trinajstić information content (AvgIpc) is 3.14. The SMILES string of the molecule is Cc1n[nH]c(C)c1[C@@H](C)NC(=O)c1cn[nH]c1-c1ccccc1F. The molecule has 0 saturated carbocycles. The molecule has 3 aromatic rings. The first-order valence-electron chi connectivity index (χ1n) is 7.59. The summed E-state index contributed by atoms with van der Waals surface area (Å²) in [6.07, 6.45) is 1.40. The molecule has 2 aromatic heterocycles. The third kappa shape index (κ3) is 2.80. The van der Waals surface area contributed by atoms with Crippen LogP contribution in [0.4, 0.5) is 4.39 Å². The predicted molar refractivity (Wildman–Crippen MR) is 87.9 cm³/mol. The van der Waals surface area contributed by atoms with Gasteiger partial charge < -0.3 is 5.32 Å². The van der Waals surface area contributed by atoms with Crippen molar-refractivity contribution >= 4 is 5.91 Å². The number of carbonyl (C=O) groups is 1. The van der Waals surface area contributed by atoms with Crippen LogP contribution in [-0.4, -0.2) is 26.3 Å². The molecule has 0 fully saturated rings. The largest absolute Gasteiger partial charge is 0.345 e. The highest BCUT2D eigenvalue weighted by Gasteiger charge is 2.21. The molecule has 2 heterocycles. The second kappa shape index (κ2) is 6.27. The Balaban J connectivity index is 1.87. The van der Waals surface area contributed by atoms with Crippen molar-refractivity contribution in [3.8, 4) is 11.3 Å². The summed E-state index contributed by atoms with van der Waals surface area (Å²) in [7, 11) is 0. The minimum absolute atomic E-state index is 0.236. The summed E-state index contributed by atoms with van der Waals surface area (Å²) < 4.78 is 14.0. The molecule has 7 heteroatoms. The van der Waals surface area contributed by atoms with E-state index in [1.807, 2.05) is 20.8 Å². The lowest BCUT2D eigenvalue weighted by Gasteiger charge is -2.14. The zero-order valence-electron chi connectivity index (χ0n) is 13.6. The molecule has 0 aliphatic heterocycles. The van der Waals surface area contributed by atoms with Gasteiger partial charge in [0.05, 0.1) is 29.2 Å². The number of halogens is 1. The average molecular weight is 327 g/mol. The van der Waals surface area contributed by atoms with Gasteiger partial charge in [0.1, 0.15) is 5.82 Å². The number of aromatic nitrogens is 4. The fourth-order valence-corrected chi connectivity index (χ4v) is 2.87. The molecule has 0 radical (unpaired) electrons. The highest BCUT2D eigenvalue weighted by molar-refractivity contribution is 6.00. The summed E-state index contributed by atoms with van der Waals surface area (Å²) in [4.78, 5) is 12.6. The predicted octanol–water partition coefficient (Wildman–Crippen LogP) is 3.05. The van der Waals surface area contributed by atoms with Crippen molar-refractivity contribution in [2.24, 2.45) is 0 Å². The topological polar surface area (TPSA) is 86.5 Å². The Hall–Kier alpha value is -2.96. The number of hydrogen-bond donors (Lipinski definition) is 3. The van der Waals surface area contributed by atoms with Gasteiger partial charge in [0.15, 0.2) is 0 Å². The van der Waals surface area contributed by atoms with Crippen LogP contribution in [0.5, 0.6) is 0 Å². The van der Waals surface area contributed by atoms with E-state index in [0.717, 1.165) is 17.0 Å². The van der Waals surface area contributed by atoms with Gasteiger partial charge in [-0.1, -0.05) is 12.1 Å². The Bertz CT molecular complexity index is 863. The van der Waals surface area contributed by atoms with Crippen molar-refractivity contribution < 1.29 is 9.18 Å². The van der Waals surface area contributed by atoms with Crippen LogP contribution in [0.25, 0.3) is 11.3 Å². The number of nitrogens with one attached hydrogen (secondary N) is 3. The molecule has 0 bridgehead atoms. The smallest absolute Gasteiger partial charge is 0.255 e. The number of aromatic amines is 2. The number of benzene rings is 1. The Morgan fingerprint density at radius 1 is 1.25 bits per heavy atom. The standard InChI is InChI=1S/C17H18FN5O/c1-9(15-10(2)21-22-11(15)3)20-17(24)13-8-19-23-16(13)12-6-4-5-7-14(12)18/h4-9H,1-3H3,(H,19,23)(H,20,24)(H,21,22)/t9-/m1/s1. The van der Waals surface area contributed by atoms with Crippen molar-refractivity contribution in [1.29, 1.82) is 0 Å². The first-order valence-corrected chi connectivity index (χ1v) is 7.59. The van der Waals surface area contributed by atoms with Gasteiger partial charge in [-0.05, 0) is 32.9 Å². The molecule has 1 aromatic carbocycles. The minimum Gasteiger partial charge on any atom is -0.345 e. The molecule has 0 saturated heterocycles. The molecule has 0 unspecified atom stereocenters. The molecular formula is C17H18FN5O. The van der Waals surface area contributed by atoms with Crippen molar-refractivity contribution in [3.05, 3.63) is 58.8 Å². The van der Waals surface area contributed by atoms with Gasteiger partial charge in [0.25, 0.3) is 5.91 Å². The lowest BCUT2D eigenvalue weighted by Crippen LogP contribution is -2.27. The first kappa shape index (κ1) is 15.9.